The predicted octanol–water partition coefficient (Wildman–Crippen LogP) is 2.67. The number of hydrogen-bond donors (Lipinski definition) is 1. The van der Waals surface area contributed by atoms with Crippen LogP contribution in [0.5, 0.6) is 17.8 Å². The molecule has 0 bridgehead atoms. The Bertz CT molecular complexity index is 575. The zero-order valence-corrected chi connectivity index (χ0v) is 11.9. The molecule has 2 rings (SSSR count). The minimum atomic E-state index is 0.209. The van der Waals surface area contributed by atoms with Gasteiger partial charge in [0.1, 0.15) is 5.75 Å². The highest BCUT2D eigenvalue weighted by molar-refractivity contribution is 5.32. The zero-order chi connectivity index (χ0) is 14.4. The van der Waals surface area contributed by atoms with Gasteiger partial charge in [-0.3, -0.25) is 0 Å². The van der Waals surface area contributed by atoms with Gasteiger partial charge >= 0.3 is 12.0 Å². The number of hydrogen-bond acceptors (Lipinski definition) is 6. The average molecular weight is 274 g/mol. The van der Waals surface area contributed by atoms with Crippen molar-refractivity contribution in [2.75, 3.05) is 19.0 Å². The van der Waals surface area contributed by atoms with E-state index < -0.39 is 0 Å². The number of benzene rings is 1. The third-order valence-corrected chi connectivity index (χ3v) is 2.61. The van der Waals surface area contributed by atoms with E-state index in [0.717, 1.165) is 6.42 Å². The second kappa shape index (κ2) is 6.70. The molecule has 0 saturated heterocycles. The summed E-state index contributed by atoms with van der Waals surface area (Å²) in [6.07, 6.45) is 0.945. The Labute approximate surface area is 118 Å². The summed E-state index contributed by atoms with van der Waals surface area (Å²) in [4.78, 5) is 12.3. The standard InChI is InChI=1S/C14H18N4O2/c1-4-10-7-6-8-11(9-10)20-14-17-12(15-3)16-13(18-14)19-5-2/h6-9H,4-5H2,1-3H3,(H,15,16,17,18). The number of nitrogens with one attached hydrogen (secondary N) is 1. The first-order chi connectivity index (χ1) is 9.75. The fourth-order valence-electron chi connectivity index (χ4n) is 1.62. The van der Waals surface area contributed by atoms with Crippen molar-refractivity contribution in [2.45, 2.75) is 20.3 Å². The molecule has 106 valence electrons. The first-order valence-electron chi connectivity index (χ1n) is 6.58. The van der Waals surface area contributed by atoms with Crippen LogP contribution in [0.15, 0.2) is 24.3 Å². The van der Waals surface area contributed by atoms with Crippen molar-refractivity contribution in [1.29, 1.82) is 0 Å². The van der Waals surface area contributed by atoms with Gasteiger partial charge in [0.25, 0.3) is 0 Å². The number of aromatic nitrogens is 3. The molecule has 20 heavy (non-hydrogen) atoms. The fourth-order valence-corrected chi connectivity index (χ4v) is 1.62. The SMILES string of the molecule is CCOc1nc(NC)nc(Oc2cccc(CC)c2)n1. The molecule has 0 saturated carbocycles. The van der Waals surface area contributed by atoms with E-state index >= 15 is 0 Å². The maximum Gasteiger partial charge on any atom is 0.330 e. The molecule has 1 aromatic carbocycles. The molecule has 0 unspecified atom stereocenters. The molecule has 0 aliphatic heterocycles. The minimum Gasteiger partial charge on any atom is -0.464 e. The first kappa shape index (κ1) is 14.0. The second-order valence-corrected chi connectivity index (χ2v) is 4.01. The highest BCUT2D eigenvalue weighted by Crippen LogP contribution is 2.21. The average Bonchev–Trinajstić information content (AvgIpc) is 2.47. The summed E-state index contributed by atoms with van der Waals surface area (Å²) in [5.74, 6) is 1.10. The molecule has 1 heterocycles. The number of anilines is 1. The van der Waals surface area contributed by atoms with Gasteiger partial charge in [-0.15, -0.1) is 4.98 Å². The van der Waals surface area contributed by atoms with E-state index in [1.807, 2.05) is 31.2 Å². The number of ether oxygens (including phenoxy) is 2. The summed E-state index contributed by atoms with van der Waals surface area (Å²) >= 11 is 0. The van der Waals surface area contributed by atoms with E-state index in [1.54, 1.807) is 7.05 Å². The van der Waals surface area contributed by atoms with E-state index in [2.05, 4.69) is 27.2 Å². The van der Waals surface area contributed by atoms with Crippen molar-refractivity contribution in [1.82, 2.24) is 15.0 Å². The van der Waals surface area contributed by atoms with Crippen LogP contribution in [-0.2, 0) is 6.42 Å². The lowest BCUT2D eigenvalue weighted by atomic mass is 10.2. The molecule has 0 aliphatic carbocycles. The molecule has 6 nitrogen and oxygen atoms in total. The second-order valence-electron chi connectivity index (χ2n) is 4.01. The normalized spacial score (nSPS) is 10.2. The van der Waals surface area contributed by atoms with Gasteiger partial charge in [-0.25, -0.2) is 0 Å². The summed E-state index contributed by atoms with van der Waals surface area (Å²) < 4.78 is 11.0. The van der Waals surface area contributed by atoms with Crippen molar-refractivity contribution in [3.8, 4) is 17.8 Å². The minimum absolute atomic E-state index is 0.209. The van der Waals surface area contributed by atoms with E-state index in [9.17, 15) is 0 Å². The molecular formula is C14H18N4O2. The Balaban J connectivity index is 2.24. The van der Waals surface area contributed by atoms with Crippen LogP contribution in [0.3, 0.4) is 0 Å². The fraction of sp³-hybridized carbons (Fsp3) is 0.357. The maximum absolute atomic E-state index is 5.67. The molecule has 1 N–H and O–H groups in total. The van der Waals surface area contributed by atoms with Crippen LogP contribution in [0.1, 0.15) is 19.4 Å². The Hall–Kier alpha value is -2.37. The Morgan fingerprint density at radius 1 is 1.10 bits per heavy atom. The van der Waals surface area contributed by atoms with Crippen LogP contribution >= 0.6 is 0 Å². The van der Waals surface area contributed by atoms with Crippen molar-refractivity contribution >= 4 is 5.95 Å². The number of aryl methyl sites for hydroxylation is 1. The van der Waals surface area contributed by atoms with Crippen LogP contribution in [0, 0.1) is 0 Å². The van der Waals surface area contributed by atoms with Crippen LogP contribution in [0.2, 0.25) is 0 Å². The van der Waals surface area contributed by atoms with Gasteiger partial charge in [0.15, 0.2) is 0 Å². The molecular weight excluding hydrogens is 256 g/mol. The van der Waals surface area contributed by atoms with Crippen LogP contribution in [0.4, 0.5) is 5.95 Å². The highest BCUT2D eigenvalue weighted by atomic mass is 16.5. The molecule has 0 amide bonds. The third-order valence-electron chi connectivity index (χ3n) is 2.61. The van der Waals surface area contributed by atoms with E-state index in [1.165, 1.54) is 5.56 Å². The van der Waals surface area contributed by atoms with Gasteiger partial charge in [-0.05, 0) is 31.0 Å². The van der Waals surface area contributed by atoms with Gasteiger partial charge in [-0.2, -0.15) is 9.97 Å². The lowest BCUT2D eigenvalue weighted by Crippen LogP contribution is -2.05. The van der Waals surface area contributed by atoms with Crippen LogP contribution < -0.4 is 14.8 Å². The topological polar surface area (TPSA) is 69.2 Å². The van der Waals surface area contributed by atoms with Crippen LogP contribution in [-0.4, -0.2) is 28.6 Å². The van der Waals surface area contributed by atoms with E-state index in [-0.39, 0.29) is 12.0 Å². The Morgan fingerprint density at radius 3 is 2.60 bits per heavy atom. The molecule has 1 aromatic heterocycles. The third kappa shape index (κ3) is 3.57. The van der Waals surface area contributed by atoms with Gasteiger partial charge in [-0.1, -0.05) is 19.1 Å². The summed E-state index contributed by atoms with van der Waals surface area (Å²) in [5, 5.41) is 2.85. The van der Waals surface area contributed by atoms with Gasteiger partial charge in [0, 0.05) is 7.05 Å². The number of rotatable bonds is 6. The van der Waals surface area contributed by atoms with Gasteiger partial charge in [0.2, 0.25) is 5.95 Å². The van der Waals surface area contributed by atoms with Crippen molar-refractivity contribution in [3.05, 3.63) is 29.8 Å². The highest BCUT2D eigenvalue weighted by Gasteiger charge is 2.08. The lowest BCUT2D eigenvalue weighted by molar-refractivity contribution is 0.304. The summed E-state index contributed by atoms with van der Waals surface area (Å²) in [6, 6.07) is 8.27. The summed E-state index contributed by atoms with van der Waals surface area (Å²) in [7, 11) is 1.73. The van der Waals surface area contributed by atoms with Crippen LogP contribution in [0.25, 0.3) is 0 Å². The van der Waals surface area contributed by atoms with Crippen molar-refractivity contribution in [3.63, 3.8) is 0 Å². The molecule has 0 spiro atoms. The molecule has 0 atom stereocenters. The van der Waals surface area contributed by atoms with E-state index in [4.69, 9.17) is 9.47 Å². The molecule has 6 heteroatoms. The van der Waals surface area contributed by atoms with Crippen molar-refractivity contribution < 1.29 is 9.47 Å². The van der Waals surface area contributed by atoms with Gasteiger partial charge in [0.05, 0.1) is 6.61 Å². The Kier molecular flexibility index (Phi) is 4.70. The van der Waals surface area contributed by atoms with Gasteiger partial charge < -0.3 is 14.8 Å². The summed E-state index contributed by atoms with van der Waals surface area (Å²) in [5.41, 5.74) is 1.19. The smallest absolute Gasteiger partial charge is 0.330 e. The summed E-state index contributed by atoms with van der Waals surface area (Å²) in [6.45, 7) is 4.44. The predicted molar refractivity (Wildman–Crippen MR) is 76.4 cm³/mol. The lowest BCUT2D eigenvalue weighted by Gasteiger charge is -2.08. The monoisotopic (exact) mass is 274 g/mol. The largest absolute Gasteiger partial charge is 0.464 e. The zero-order valence-electron chi connectivity index (χ0n) is 11.9. The molecule has 0 radical (unpaired) electrons. The Morgan fingerprint density at radius 2 is 1.90 bits per heavy atom. The molecule has 0 fully saturated rings. The number of nitrogens with zero attached hydrogens (tertiary/aromatic N) is 3. The van der Waals surface area contributed by atoms with E-state index in [0.29, 0.717) is 18.3 Å². The quantitative estimate of drug-likeness (QED) is 0.873. The molecule has 2 aromatic rings. The maximum atomic E-state index is 5.67. The molecule has 0 aliphatic rings. The van der Waals surface area contributed by atoms with Crippen molar-refractivity contribution in [2.24, 2.45) is 0 Å². The first-order valence-corrected chi connectivity index (χ1v) is 6.58.